The Morgan fingerprint density at radius 1 is 1.16 bits per heavy atom. The first-order valence-electron chi connectivity index (χ1n) is 8.05. The summed E-state index contributed by atoms with van der Waals surface area (Å²) in [5.41, 5.74) is 0.437. The lowest BCUT2D eigenvalue weighted by molar-refractivity contribution is -0.849. The summed E-state index contributed by atoms with van der Waals surface area (Å²) in [4.78, 5) is 13.2. The summed E-state index contributed by atoms with van der Waals surface area (Å²) >= 11 is 0. The maximum Gasteiger partial charge on any atom is 0.275 e. The van der Waals surface area contributed by atoms with E-state index in [1.54, 1.807) is 0 Å². The first-order chi connectivity index (χ1) is 8.97. The Hall–Kier alpha value is -0.570. The Balaban J connectivity index is 1.66. The number of likely N-dealkylation sites (N-methyl/N-ethyl adjacent to an activating group) is 1. The molecule has 0 unspecified atom stereocenters. The van der Waals surface area contributed by atoms with Gasteiger partial charge in [0.1, 0.15) is 0 Å². The number of hydrogen-bond acceptors (Lipinski definition) is 1. The predicted molar refractivity (Wildman–Crippen MR) is 75.9 cm³/mol. The molecule has 0 aliphatic heterocycles. The van der Waals surface area contributed by atoms with Gasteiger partial charge in [0.15, 0.2) is 6.54 Å². The first-order valence-corrected chi connectivity index (χ1v) is 8.05. The average molecular weight is 265 g/mol. The van der Waals surface area contributed by atoms with Crippen molar-refractivity contribution in [3.63, 3.8) is 0 Å². The molecule has 0 aromatic heterocycles. The van der Waals surface area contributed by atoms with Crippen molar-refractivity contribution in [2.24, 2.45) is 23.2 Å². The summed E-state index contributed by atoms with van der Waals surface area (Å²) in [5, 5.41) is 3.31. The molecular weight excluding hydrogens is 236 g/mol. The third-order valence-electron chi connectivity index (χ3n) is 5.90. The number of nitrogens with one attached hydrogen (secondary N) is 2. The van der Waals surface area contributed by atoms with E-state index in [4.69, 9.17) is 0 Å². The molecule has 108 valence electrons. The van der Waals surface area contributed by atoms with Crippen LogP contribution in [-0.4, -0.2) is 32.6 Å². The van der Waals surface area contributed by atoms with Gasteiger partial charge in [-0.1, -0.05) is 0 Å². The van der Waals surface area contributed by atoms with Gasteiger partial charge in [-0.25, -0.2) is 0 Å². The fraction of sp³-hybridized carbons (Fsp3) is 0.938. The molecule has 4 saturated carbocycles. The van der Waals surface area contributed by atoms with Gasteiger partial charge in [0, 0.05) is 6.04 Å². The predicted octanol–water partition coefficient (Wildman–Crippen LogP) is 0.852. The van der Waals surface area contributed by atoms with Crippen LogP contribution in [0.15, 0.2) is 0 Å². The van der Waals surface area contributed by atoms with E-state index in [1.165, 1.54) is 43.4 Å². The lowest BCUT2D eigenvalue weighted by atomic mass is 9.48. The van der Waals surface area contributed by atoms with Crippen molar-refractivity contribution in [2.75, 3.05) is 20.6 Å². The molecule has 0 radical (unpaired) electrons. The van der Waals surface area contributed by atoms with E-state index in [0.29, 0.717) is 18.0 Å². The van der Waals surface area contributed by atoms with Crippen molar-refractivity contribution in [2.45, 2.75) is 51.5 Å². The van der Waals surface area contributed by atoms with Gasteiger partial charge in [-0.15, -0.1) is 0 Å². The maximum absolute atomic E-state index is 12.0. The van der Waals surface area contributed by atoms with Gasteiger partial charge < -0.3 is 10.2 Å². The van der Waals surface area contributed by atoms with Crippen LogP contribution < -0.4 is 10.2 Å². The largest absolute Gasteiger partial charge is 0.348 e. The zero-order valence-electron chi connectivity index (χ0n) is 12.7. The Kier molecular flexibility index (Phi) is 3.36. The molecule has 1 atom stereocenters. The molecule has 3 heteroatoms. The molecule has 0 spiro atoms. The third kappa shape index (κ3) is 2.54. The second kappa shape index (κ2) is 4.76. The fourth-order valence-corrected chi connectivity index (χ4v) is 5.47. The summed E-state index contributed by atoms with van der Waals surface area (Å²) < 4.78 is 0. The Labute approximate surface area is 117 Å². The van der Waals surface area contributed by atoms with Crippen LogP contribution in [0, 0.1) is 23.2 Å². The van der Waals surface area contributed by atoms with E-state index in [-0.39, 0.29) is 5.91 Å². The van der Waals surface area contributed by atoms with Crippen molar-refractivity contribution < 1.29 is 9.69 Å². The van der Waals surface area contributed by atoms with Crippen LogP contribution in [-0.2, 0) is 4.79 Å². The molecule has 1 amide bonds. The lowest BCUT2D eigenvalue weighted by Crippen LogP contribution is -3.07. The normalized spacial score (nSPS) is 41.6. The summed E-state index contributed by atoms with van der Waals surface area (Å²) in [6.07, 6.45) is 8.53. The van der Waals surface area contributed by atoms with Gasteiger partial charge in [0.05, 0.1) is 14.1 Å². The number of amides is 1. The van der Waals surface area contributed by atoms with Gasteiger partial charge in [-0.2, -0.15) is 0 Å². The smallest absolute Gasteiger partial charge is 0.275 e. The molecule has 0 aromatic rings. The first kappa shape index (κ1) is 13.4. The van der Waals surface area contributed by atoms with Crippen molar-refractivity contribution >= 4 is 5.91 Å². The highest BCUT2D eigenvalue weighted by molar-refractivity contribution is 5.77. The van der Waals surface area contributed by atoms with Crippen molar-refractivity contribution in [1.82, 2.24) is 5.32 Å². The third-order valence-corrected chi connectivity index (χ3v) is 5.90. The fourth-order valence-electron chi connectivity index (χ4n) is 5.47. The van der Waals surface area contributed by atoms with Crippen LogP contribution in [0.1, 0.15) is 45.4 Å². The van der Waals surface area contributed by atoms with Gasteiger partial charge >= 0.3 is 0 Å². The van der Waals surface area contributed by atoms with E-state index in [0.717, 1.165) is 17.8 Å². The number of quaternary nitrogens is 1. The van der Waals surface area contributed by atoms with E-state index >= 15 is 0 Å². The number of hydrogen-bond donors (Lipinski definition) is 2. The van der Waals surface area contributed by atoms with Gasteiger partial charge in [-0.05, 0) is 68.6 Å². The quantitative estimate of drug-likeness (QED) is 0.776. The topological polar surface area (TPSA) is 33.5 Å². The van der Waals surface area contributed by atoms with Crippen LogP contribution in [0.4, 0.5) is 0 Å². The Morgan fingerprint density at radius 3 is 2.05 bits per heavy atom. The molecule has 4 rings (SSSR count). The van der Waals surface area contributed by atoms with Gasteiger partial charge in [0.2, 0.25) is 0 Å². The molecule has 2 N–H and O–H groups in total. The van der Waals surface area contributed by atoms with Crippen molar-refractivity contribution in [3.8, 4) is 0 Å². The van der Waals surface area contributed by atoms with E-state index in [1.807, 2.05) is 14.1 Å². The monoisotopic (exact) mass is 265 g/mol. The minimum absolute atomic E-state index is 0.225. The maximum atomic E-state index is 12.0. The van der Waals surface area contributed by atoms with Crippen molar-refractivity contribution in [1.29, 1.82) is 0 Å². The summed E-state index contributed by atoms with van der Waals surface area (Å²) in [6.45, 7) is 2.85. The molecule has 0 heterocycles. The standard InChI is InChI=1S/C16H28N2O/c1-11(17-15(19)10-18(2)3)16-7-12-4-13(8-16)6-14(5-12)9-16/h11-14H,4-10H2,1-3H3,(H,17,19)/p+1/t11-,12?,13?,14?,16?/m0/s1. The zero-order chi connectivity index (χ0) is 13.6. The molecule has 3 nitrogen and oxygen atoms in total. The van der Waals surface area contributed by atoms with Crippen LogP contribution in [0.3, 0.4) is 0 Å². The SMILES string of the molecule is C[C@H](NC(=O)C[NH+](C)C)C12CC3CC(CC(C3)C1)C2. The minimum atomic E-state index is 0.225. The second-order valence-electron chi connectivity index (χ2n) is 7.95. The summed E-state index contributed by atoms with van der Waals surface area (Å²) in [7, 11) is 4.07. The molecule has 4 bridgehead atoms. The van der Waals surface area contributed by atoms with E-state index in [9.17, 15) is 4.79 Å². The Bertz CT molecular complexity index is 328. The van der Waals surface area contributed by atoms with Gasteiger partial charge in [0.25, 0.3) is 5.91 Å². The minimum Gasteiger partial charge on any atom is -0.348 e. The van der Waals surface area contributed by atoms with E-state index in [2.05, 4.69) is 12.2 Å². The van der Waals surface area contributed by atoms with Gasteiger partial charge in [-0.3, -0.25) is 4.79 Å². The van der Waals surface area contributed by atoms with Crippen molar-refractivity contribution in [3.05, 3.63) is 0 Å². The molecule has 19 heavy (non-hydrogen) atoms. The van der Waals surface area contributed by atoms with Crippen LogP contribution >= 0.6 is 0 Å². The Morgan fingerprint density at radius 2 is 1.63 bits per heavy atom. The number of rotatable bonds is 4. The summed E-state index contributed by atoms with van der Waals surface area (Å²) in [6, 6.07) is 0.368. The van der Waals surface area contributed by atoms with Crippen LogP contribution in [0.25, 0.3) is 0 Å². The van der Waals surface area contributed by atoms with Crippen LogP contribution in [0.2, 0.25) is 0 Å². The molecule has 4 aliphatic carbocycles. The highest BCUT2D eigenvalue weighted by atomic mass is 16.2. The molecule has 0 saturated heterocycles. The molecule has 4 aliphatic rings. The number of carbonyl (C=O) groups excluding carboxylic acids is 1. The van der Waals surface area contributed by atoms with E-state index < -0.39 is 0 Å². The second-order valence-corrected chi connectivity index (χ2v) is 7.95. The average Bonchev–Trinajstić information content (AvgIpc) is 2.25. The lowest BCUT2D eigenvalue weighted by Gasteiger charge is -2.59. The number of carbonyl (C=O) groups is 1. The molecular formula is C16H29N2O+. The zero-order valence-corrected chi connectivity index (χ0v) is 12.7. The summed E-state index contributed by atoms with van der Waals surface area (Å²) in [5.74, 6) is 3.11. The molecule has 0 aromatic carbocycles. The highest BCUT2D eigenvalue weighted by Crippen LogP contribution is 2.61. The van der Waals surface area contributed by atoms with Crippen LogP contribution in [0.5, 0.6) is 0 Å². The molecule has 4 fully saturated rings. The highest BCUT2D eigenvalue weighted by Gasteiger charge is 2.53.